The summed E-state index contributed by atoms with van der Waals surface area (Å²) in [5, 5.41) is 13.1. The molecule has 0 saturated heterocycles. The molecular formula is C12H16BrNO. The van der Waals surface area contributed by atoms with E-state index in [0.717, 1.165) is 30.3 Å². The van der Waals surface area contributed by atoms with Crippen molar-refractivity contribution in [1.82, 2.24) is 5.32 Å². The fraction of sp³-hybridized carbons (Fsp3) is 0.500. The molecule has 0 aromatic heterocycles. The second kappa shape index (κ2) is 5.10. The summed E-state index contributed by atoms with van der Waals surface area (Å²) < 4.78 is 1.11. The Labute approximate surface area is 98.8 Å². The van der Waals surface area contributed by atoms with Crippen LogP contribution in [-0.4, -0.2) is 17.3 Å². The number of halogens is 1. The highest BCUT2D eigenvalue weighted by molar-refractivity contribution is 9.10. The van der Waals surface area contributed by atoms with Crippen molar-refractivity contribution in [2.24, 2.45) is 0 Å². The van der Waals surface area contributed by atoms with E-state index in [4.69, 9.17) is 0 Å². The van der Waals surface area contributed by atoms with Crippen LogP contribution in [0.25, 0.3) is 0 Å². The van der Waals surface area contributed by atoms with Crippen molar-refractivity contribution >= 4 is 15.9 Å². The van der Waals surface area contributed by atoms with Crippen molar-refractivity contribution in [3.63, 3.8) is 0 Å². The highest BCUT2D eigenvalue weighted by atomic mass is 79.9. The van der Waals surface area contributed by atoms with E-state index in [1.54, 1.807) is 0 Å². The first-order valence-corrected chi connectivity index (χ1v) is 6.21. The number of aliphatic hydroxyl groups excluding tert-OH is 1. The molecule has 0 amide bonds. The van der Waals surface area contributed by atoms with E-state index in [1.165, 1.54) is 5.56 Å². The molecule has 2 N–H and O–H groups in total. The maximum absolute atomic E-state index is 9.65. The molecule has 1 saturated carbocycles. The van der Waals surface area contributed by atoms with Gasteiger partial charge in [-0.05, 0) is 37.0 Å². The third kappa shape index (κ3) is 3.03. The van der Waals surface area contributed by atoms with Crippen LogP contribution in [-0.2, 0) is 6.54 Å². The van der Waals surface area contributed by atoms with E-state index in [2.05, 4.69) is 33.4 Å². The Morgan fingerprint density at radius 2 is 2.27 bits per heavy atom. The number of hydrogen-bond donors (Lipinski definition) is 2. The van der Waals surface area contributed by atoms with Crippen LogP contribution in [0.1, 0.15) is 24.8 Å². The molecule has 2 rings (SSSR count). The van der Waals surface area contributed by atoms with Gasteiger partial charge in [-0.2, -0.15) is 0 Å². The zero-order chi connectivity index (χ0) is 10.7. The van der Waals surface area contributed by atoms with Crippen LogP contribution < -0.4 is 5.32 Å². The Balaban J connectivity index is 1.87. The van der Waals surface area contributed by atoms with E-state index in [0.29, 0.717) is 0 Å². The first-order valence-electron chi connectivity index (χ1n) is 5.41. The highest BCUT2D eigenvalue weighted by Gasteiger charge is 2.24. The minimum atomic E-state index is -0.155. The van der Waals surface area contributed by atoms with Gasteiger partial charge in [-0.25, -0.2) is 0 Å². The summed E-state index contributed by atoms with van der Waals surface area (Å²) in [5.41, 5.74) is 1.25. The highest BCUT2D eigenvalue weighted by Crippen LogP contribution is 2.19. The van der Waals surface area contributed by atoms with Gasteiger partial charge in [0.2, 0.25) is 0 Å². The van der Waals surface area contributed by atoms with Gasteiger partial charge in [-0.3, -0.25) is 0 Å². The van der Waals surface area contributed by atoms with E-state index >= 15 is 0 Å². The minimum Gasteiger partial charge on any atom is -0.392 e. The SMILES string of the molecule is OC1CCCC1NCc1cccc(Br)c1. The van der Waals surface area contributed by atoms with E-state index in [9.17, 15) is 5.11 Å². The lowest BCUT2D eigenvalue weighted by atomic mass is 10.2. The van der Waals surface area contributed by atoms with Gasteiger partial charge in [0.05, 0.1) is 6.10 Å². The lowest BCUT2D eigenvalue weighted by Gasteiger charge is -2.16. The predicted molar refractivity (Wildman–Crippen MR) is 64.6 cm³/mol. The molecular weight excluding hydrogens is 254 g/mol. The van der Waals surface area contributed by atoms with Crippen LogP contribution in [0.4, 0.5) is 0 Å². The largest absolute Gasteiger partial charge is 0.392 e. The lowest BCUT2D eigenvalue weighted by molar-refractivity contribution is 0.148. The summed E-state index contributed by atoms with van der Waals surface area (Å²) in [5.74, 6) is 0. The fourth-order valence-electron chi connectivity index (χ4n) is 2.07. The molecule has 0 bridgehead atoms. The van der Waals surface area contributed by atoms with Gasteiger partial charge in [0.1, 0.15) is 0 Å². The van der Waals surface area contributed by atoms with Crippen LogP contribution in [0.15, 0.2) is 28.7 Å². The zero-order valence-corrected chi connectivity index (χ0v) is 10.2. The zero-order valence-electron chi connectivity index (χ0n) is 8.62. The number of rotatable bonds is 3. The van der Waals surface area contributed by atoms with Crippen molar-refractivity contribution in [3.8, 4) is 0 Å². The summed E-state index contributed by atoms with van der Waals surface area (Å²) in [6, 6.07) is 8.54. The first-order chi connectivity index (χ1) is 7.25. The van der Waals surface area contributed by atoms with Gasteiger partial charge < -0.3 is 10.4 Å². The quantitative estimate of drug-likeness (QED) is 0.884. The first kappa shape index (κ1) is 11.1. The maximum Gasteiger partial charge on any atom is 0.0693 e. The molecule has 2 unspecified atom stereocenters. The summed E-state index contributed by atoms with van der Waals surface area (Å²) in [6.07, 6.45) is 3.01. The second-order valence-corrected chi connectivity index (χ2v) is 5.03. The van der Waals surface area contributed by atoms with Crippen molar-refractivity contribution in [2.75, 3.05) is 0 Å². The topological polar surface area (TPSA) is 32.3 Å². The third-order valence-electron chi connectivity index (χ3n) is 2.94. The van der Waals surface area contributed by atoms with Gasteiger partial charge in [0.15, 0.2) is 0 Å². The van der Waals surface area contributed by atoms with E-state index < -0.39 is 0 Å². The average molecular weight is 270 g/mol. The summed E-state index contributed by atoms with van der Waals surface area (Å²) in [4.78, 5) is 0. The monoisotopic (exact) mass is 269 g/mol. The number of aliphatic hydroxyl groups is 1. The van der Waals surface area contributed by atoms with Crippen LogP contribution in [0, 0.1) is 0 Å². The molecule has 1 aliphatic rings. The summed E-state index contributed by atoms with van der Waals surface area (Å²) >= 11 is 3.45. The summed E-state index contributed by atoms with van der Waals surface area (Å²) in [7, 11) is 0. The standard InChI is InChI=1S/C12H16BrNO/c13-10-4-1-3-9(7-10)8-14-11-5-2-6-12(11)15/h1,3-4,7,11-12,14-15H,2,5-6,8H2. The molecule has 0 heterocycles. The van der Waals surface area contributed by atoms with Crippen LogP contribution >= 0.6 is 15.9 Å². The van der Waals surface area contributed by atoms with Crippen LogP contribution in [0.3, 0.4) is 0 Å². The number of nitrogens with one attached hydrogen (secondary N) is 1. The number of benzene rings is 1. The molecule has 3 heteroatoms. The molecule has 0 radical (unpaired) electrons. The third-order valence-corrected chi connectivity index (χ3v) is 3.43. The molecule has 1 aromatic rings. The van der Waals surface area contributed by atoms with Gasteiger partial charge in [0, 0.05) is 17.1 Å². The molecule has 1 aliphatic carbocycles. The van der Waals surface area contributed by atoms with Crippen LogP contribution in [0.2, 0.25) is 0 Å². The smallest absolute Gasteiger partial charge is 0.0693 e. The molecule has 0 spiro atoms. The molecule has 2 nitrogen and oxygen atoms in total. The maximum atomic E-state index is 9.65. The van der Waals surface area contributed by atoms with Crippen molar-refractivity contribution in [2.45, 2.75) is 38.0 Å². The fourth-order valence-corrected chi connectivity index (χ4v) is 2.52. The van der Waals surface area contributed by atoms with Crippen LogP contribution in [0.5, 0.6) is 0 Å². The Morgan fingerprint density at radius 3 is 2.93 bits per heavy atom. The number of hydrogen-bond acceptors (Lipinski definition) is 2. The Hall–Kier alpha value is -0.380. The summed E-state index contributed by atoms with van der Waals surface area (Å²) in [6.45, 7) is 0.834. The normalized spacial score (nSPS) is 25.7. The predicted octanol–water partition coefficient (Wildman–Crippen LogP) is 2.45. The molecule has 15 heavy (non-hydrogen) atoms. The minimum absolute atomic E-state index is 0.155. The molecule has 2 atom stereocenters. The van der Waals surface area contributed by atoms with Crippen molar-refractivity contribution in [1.29, 1.82) is 0 Å². The van der Waals surface area contributed by atoms with Gasteiger partial charge in [0.25, 0.3) is 0 Å². The van der Waals surface area contributed by atoms with Crippen molar-refractivity contribution in [3.05, 3.63) is 34.3 Å². The molecule has 0 aliphatic heterocycles. The van der Waals surface area contributed by atoms with Gasteiger partial charge >= 0.3 is 0 Å². The van der Waals surface area contributed by atoms with E-state index in [1.807, 2.05) is 12.1 Å². The second-order valence-electron chi connectivity index (χ2n) is 4.12. The Kier molecular flexibility index (Phi) is 3.78. The lowest BCUT2D eigenvalue weighted by Crippen LogP contribution is -2.34. The Bertz CT molecular complexity index is 329. The molecule has 82 valence electrons. The van der Waals surface area contributed by atoms with Gasteiger partial charge in [-0.1, -0.05) is 28.1 Å². The van der Waals surface area contributed by atoms with E-state index in [-0.39, 0.29) is 12.1 Å². The van der Waals surface area contributed by atoms with Gasteiger partial charge in [-0.15, -0.1) is 0 Å². The molecule has 1 aromatic carbocycles. The molecule has 1 fully saturated rings. The Morgan fingerprint density at radius 1 is 1.40 bits per heavy atom. The average Bonchev–Trinajstić information content (AvgIpc) is 2.61. The van der Waals surface area contributed by atoms with Crippen molar-refractivity contribution < 1.29 is 5.11 Å².